The molecule has 0 atom stereocenters. The molecule has 0 spiro atoms. The summed E-state index contributed by atoms with van der Waals surface area (Å²) in [6.45, 7) is 12.8. The number of ether oxygens (including phenoxy) is 1. The zero-order valence-electron chi connectivity index (χ0n) is 12.2. The van der Waals surface area contributed by atoms with Crippen molar-refractivity contribution in [2.24, 2.45) is 5.92 Å². The van der Waals surface area contributed by atoms with Crippen LogP contribution in [0, 0.1) is 12.8 Å². The van der Waals surface area contributed by atoms with Gasteiger partial charge in [0.25, 0.3) is 0 Å². The third kappa shape index (κ3) is 5.45. The molecule has 0 aliphatic rings. The van der Waals surface area contributed by atoms with Gasteiger partial charge in [-0.25, -0.2) is 9.97 Å². The summed E-state index contributed by atoms with van der Waals surface area (Å²) in [6.07, 6.45) is 0. The Labute approximate surface area is 110 Å². The Bertz CT molecular complexity index is 364. The quantitative estimate of drug-likeness (QED) is 0.757. The Balaban J connectivity index is 2.42. The first-order valence-corrected chi connectivity index (χ1v) is 6.66. The average molecular weight is 251 g/mol. The van der Waals surface area contributed by atoms with Crippen LogP contribution >= 0.6 is 0 Å². The fourth-order valence-electron chi connectivity index (χ4n) is 1.51. The number of aromatic nitrogens is 2. The lowest BCUT2D eigenvalue weighted by molar-refractivity contribution is 0.118. The van der Waals surface area contributed by atoms with Crippen LogP contribution in [0.15, 0.2) is 6.07 Å². The molecule has 102 valence electrons. The van der Waals surface area contributed by atoms with Crippen LogP contribution in [-0.4, -0.2) is 29.7 Å². The Hall–Kier alpha value is -1.16. The van der Waals surface area contributed by atoms with Gasteiger partial charge < -0.3 is 10.1 Å². The van der Waals surface area contributed by atoms with E-state index in [0.717, 1.165) is 30.5 Å². The first kappa shape index (κ1) is 14.9. The van der Waals surface area contributed by atoms with Crippen molar-refractivity contribution in [1.82, 2.24) is 9.97 Å². The van der Waals surface area contributed by atoms with Crippen LogP contribution in [0.4, 0.5) is 5.82 Å². The molecule has 1 aromatic heterocycles. The standard InChI is InChI=1S/C14H25N3O/c1-10(2)9-18-7-6-15-13-8-12(5)16-14(17-13)11(3)4/h8,10-11H,6-7,9H2,1-5H3,(H,15,16,17). The molecular weight excluding hydrogens is 226 g/mol. The predicted octanol–water partition coefficient (Wildman–Crippen LogP) is 2.99. The van der Waals surface area contributed by atoms with E-state index in [9.17, 15) is 0 Å². The highest BCUT2D eigenvalue weighted by molar-refractivity contribution is 5.36. The van der Waals surface area contributed by atoms with Gasteiger partial charge in [-0.3, -0.25) is 0 Å². The van der Waals surface area contributed by atoms with Gasteiger partial charge in [-0.2, -0.15) is 0 Å². The fourth-order valence-corrected chi connectivity index (χ4v) is 1.51. The number of nitrogens with zero attached hydrogens (tertiary/aromatic N) is 2. The maximum Gasteiger partial charge on any atom is 0.133 e. The lowest BCUT2D eigenvalue weighted by Crippen LogP contribution is -2.14. The number of anilines is 1. The van der Waals surface area contributed by atoms with E-state index in [-0.39, 0.29) is 0 Å². The summed E-state index contributed by atoms with van der Waals surface area (Å²) < 4.78 is 5.52. The maximum atomic E-state index is 5.52. The molecule has 0 amide bonds. The summed E-state index contributed by atoms with van der Waals surface area (Å²) in [7, 11) is 0. The molecule has 0 bridgehead atoms. The molecule has 0 fully saturated rings. The molecular formula is C14H25N3O. The molecule has 0 aliphatic carbocycles. The van der Waals surface area contributed by atoms with E-state index in [2.05, 4.69) is 43.0 Å². The number of rotatable bonds is 7. The van der Waals surface area contributed by atoms with Gasteiger partial charge in [-0.05, 0) is 12.8 Å². The predicted molar refractivity (Wildman–Crippen MR) is 75.0 cm³/mol. The van der Waals surface area contributed by atoms with Crippen molar-refractivity contribution in [1.29, 1.82) is 0 Å². The summed E-state index contributed by atoms with van der Waals surface area (Å²) in [4.78, 5) is 8.91. The van der Waals surface area contributed by atoms with Gasteiger partial charge >= 0.3 is 0 Å². The Morgan fingerprint density at radius 1 is 1.22 bits per heavy atom. The van der Waals surface area contributed by atoms with Crippen molar-refractivity contribution in [3.8, 4) is 0 Å². The molecule has 0 unspecified atom stereocenters. The zero-order valence-corrected chi connectivity index (χ0v) is 12.2. The van der Waals surface area contributed by atoms with Crippen LogP contribution in [0.2, 0.25) is 0 Å². The first-order valence-electron chi connectivity index (χ1n) is 6.66. The SMILES string of the molecule is Cc1cc(NCCOCC(C)C)nc(C(C)C)n1. The van der Waals surface area contributed by atoms with Gasteiger partial charge in [0.1, 0.15) is 11.6 Å². The molecule has 0 saturated carbocycles. The molecule has 1 rings (SSSR count). The van der Waals surface area contributed by atoms with Crippen LogP contribution in [0.1, 0.15) is 45.1 Å². The third-order valence-corrected chi connectivity index (χ3v) is 2.39. The van der Waals surface area contributed by atoms with Gasteiger partial charge in [0.05, 0.1) is 6.61 Å². The van der Waals surface area contributed by atoms with E-state index >= 15 is 0 Å². The highest BCUT2D eigenvalue weighted by atomic mass is 16.5. The van der Waals surface area contributed by atoms with E-state index in [4.69, 9.17) is 4.74 Å². The van der Waals surface area contributed by atoms with Crippen molar-refractivity contribution in [3.63, 3.8) is 0 Å². The highest BCUT2D eigenvalue weighted by Crippen LogP contribution is 2.13. The van der Waals surface area contributed by atoms with Crippen LogP contribution in [0.25, 0.3) is 0 Å². The van der Waals surface area contributed by atoms with Gasteiger partial charge in [-0.15, -0.1) is 0 Å². The summed E-state index contributed by atoms with van der Waals surface area (Å²) in [5.41, 5.74) is 0.999. The molecule has 0 aromatic carbocycles. The lowest BCUT2D eigenvalue weighted by atomic mass is 10.2. The minimum Gasteiger partial charge on any atom is -0.379 e. The molecule has 1 N–H and O–H groups in total. The lowest BCUT2D eigenvalue weighted by Gasteiger charge is -2.11. The van der Waals surface area contributed by atoms with E-state index in [0.29, 0.717) is 18.4 Å². The zero-order chi connectivity index (χ0) is 13.5. The van der Waals surface area contributed by atoms with Crippen molar-refractivity contribution < 1.29 is 4.74 Å². The number of hydrogen-bond acceptors (Lipinski definition) is 4. The smallest absolute Gasteiger partial charge is 0.133 e. The second-order valence-corrected chi connectivity index (χ2v) is 5.30. The van der Waals surface area contributed by atoms with Gasteiger partial charge in [0.15, 0.2) is 0 Å². The minimum absolute atomic E-state index is 0.350. The molecule has 1 heterocycles. The second kappa shape index (κ2) is 7.31. The van der Waals surface area contributed by atoms with E-state index in [1.54, 1.807) is 0 Å². The van der Waals surface area contributed by atoms with Crippen molar-refractivity contribution in [2.45, 2.75) is 40.5 Å². The van der Waals surface area contributed by atoms with E-state index in [1.807, 2.05) is 13.0 Å². The molecule has 1 aromatic rings. The van der Waals surface area contributed by atoms with Gasteiger partial charge in [0.2, 0.25) is 0 Å². The van der Waals surface area contributed by atoms with Crippen molar-refractivity contribution in [3.05, 3.63) is 17.6 Å². The fraction of sp³-hybridized carbons (Fsp3) is 0.714. The normalized spacial score (nSPS) is 11.3. The van der Waals surface area contributed by atoms with Crippen LogP contribution < -0.4 is 5.32 Å². The largest absolute Gasteiger partial charge is 0.379 e. The average Bonchev–Trinajstić information content (AvgIpc) is 2.27. The molecule has 0 saturated heterocycles. The maximum absolute atomic E-state index is 5.52. The summed E-state index contributed by atoms with van der Waals surface area (Å²) >= 11 is 0. The third-order valence-electron chi connectivity index (χ3n) is 2.39. The topological polar surface area (TPSA) is 47.0 Å². The Morgan fingerprint density at radius 2 is 1.94 bits per heavy atom. The Kier molecular flexibility index (Phi) is 6.05. The van der Waals surface area contributed by atoms with Gasteiger partial charge in [-0.1, -0.05) is 27.7 Å². The van der Waals surface area contributed by atoms with Crippen molar-refractivity contribution in [2.75, 3.05) is 25.1 Å². The van der Waals surface area contributed by atoms with Crippen LogP contribution in [-0.2, 0) is 4.74 Å². The summed E-state index contributed by atoms with van der Waals surface area (Å²) in [5.74, 6) is 2.71. The van der Waals surface area contributed by atoms with Crippen LogP contribution in [0.5, 0.6) is 0 Å². The second-order valence-electron chi connectivity index (χ2n) is 5.30. The highest BCUT2D eigenvalue weighted by Gasteiger charge is 2.05. The number of aryl methyl sites for hydroxylation is 1. The molecule has 4 nitrogen and oxygen atoms in total. The van der Waals surface area contributed by atoms with E-state index in [1.165, 1.54) is 0 Å². The minimum atomic E-state index is 0.350. The molecule has 4 heteroatoms. The number of hydrogen-bond donors (Lipinski definition) is 1. The van der Waals surface area contributed by atoms with Crippen molar-refractivity contribution >= 4 is 5.82 Å². The van der Waals surface area contributed by atoms with Crippen LogP contribution in [0.3, 0.4) is 0 Å². The van der Waals surface area contributed by atoms with E-state index < -0.39 is 0 Å². The molecule has 0 radical (unpaired) electrons. The summed E-state index contributed by atoms with van der Waals surface area (Å²) in [6, 6.07) is 1.97. The molecule has 0 aliphatic heterocycles. The Morgan fingerprint density at radius 3 is 2.56 bits per heavy atom. The monoisotopic (exact) mass is 251 g/mol. The number of nitrogens with one attached hydrogen (secondary N) is 1. The molecule has 18 heavy (non-hydrogen) atoms. The first-order chi connectivity index (χ1) is 8.49. The summed E-state index contributed by atoms with van der Waals surface area (Å²) in [5, 5.41) is 3.28. The van der Waals surface area contributed by atoms with Gasteiger partial charge in [0, 0.05) is 30.8 Å².